The summed E-state index contributed by atoms with van der Waals surface area (Å²) in [5, 5.41) is 8.73. The van der Waals surface area contributed by atoms with Crippen LogP contribution in [0.5, 0.6) is 0 Å². The molecule has 1 N–H and O–H groups in total. The molecule has 0 saturated carbocycles. The average Bonchev–Trinajstić information content (AvgIpc) is 2.14. The van der Waals surface area contributed by atoms with E-state index in [0.717, 1.165) is 0 Å². The van der Waals surface area contributed by atoms with E-state index in [1.165, 1.54) is 7.11 Å². The second kappa shape index (κ2) is 6.77. The predicted octanol–water partition coefficient (Wildman–Crippen LogP) is 0.490. The Bertz CT molecular complexity index is 306. The predicted molar refractivity (Wildman–Crippen MR) is 57.7 cm³/mol. The fourth-order valence-electron chi connectivity index (χ4n) is 0.957. The Morgan fingerprint density at radius 1 is 1.47 bits per heavy atom. The van der Waals surface area contributed by atoms with Crippen LogP contribution >= 0.6 is 0 Å². The molecule has 0 aliphatic carbocycles. The highest BCUT2D eigenvalue weighted by Crippen LogP contribution is 2.02. The van der Waals surface area contributed by atoms with Gasteiger partial charge in [0.2, 0.25) is 10.0 Å². The SMILES string of the molecule is COCCCS(=O)(=O)NC(C#N)C(C)C. The van der Waals surface area contributed by atoms with E-state index in [-0.39, 0.29) is 11.7 Å². The van der Waals surface area contributed by atoms with Gasteiger partial charge in [0.25, 0.3) is 0 Å². The standard InChI is InChI=1S/C9H18N2O3S/c1-8(2)9(7-10)11-15(12,13)6-4-5-14-3/h8-9,11H,4-6H2,1-3H3. The van der Waals surface area contributed by atoms with Gasteiger partial charge in [0.1, 0.15) is 6.04 Å². The minimum absolute atomic E-state index is 0.00819. The maximum Gasteiger partial charge on any atom is 0.212 e. The normalized spacial score (nSPS) is 13.8. The molecule has 1 atom stereocenters. The quantitative estimate of drug-likeness (QED) is 0.650. The lowest BCUT2D eigenvalue weighted by molar-refractivity contribution is 0.199. The smallest absolute Gasteiger partial charge is 0.212 e. The maximum absolute atomic E-state index is 11.5. The third kappa shape index (κ3) is 6.44. The first-order chi connectivity index (χ1) is 6.93. The molecule has 0 rings (SSSR count). The van der Waals surface area contributed by atoms with Crippen LogP contribution in [0.15, 0.2) is 0 Å². The minimum atomic E-state index is -3.36. The first-order valence-corrected chi connectivity index (χ1v) is 6.46. The van der Waals surface area contributed by atoms with Crippen molar-refractivity contribution in [2.45, 2.75) is 26.3 Å². The fraction of sp³-hybridized carbons (Fsp3) is 0.889. The Hall–Kier alpha value is -0.640. The molecule has 0 aromatic heterocycles. The molecule has 0 spiro atoms. The summed E-state index contributed by atoms with van der Waals surface area (Å²) in [6.07, 6.45) is 0.433. The molecule has 88 valence electrons. The van der Waals surface area contributed by atoms with Crippen molar-refractivity contribution >= 4 is 10.0 Å². The Kier molecular flexibility index (Phi) is 6.48. The summed E-state index contributed by atoms with van der Waals surface area (Å²) in [5.41, 5.74) is 0. The van der Waals surface area contributed by atoms with E-state index in [1.807, 2.05) is 6.07 Å². The van der Waals surface area contributed by atoms with Crippen LogP contribution in [-0.2, 0) is 14.8 Å². The van der Waals surface area contributed by atoms with Crippen molar-refractivity contribution in [3.05, 3.63) is 0 Å². The molecule has 0 amide bonds. The summed E-state index contributed by atoms with van der Waals surface area (Å²) in [7, 11) is -1.84. The van der Waals surface area contributed by atoms with Crippen LogP contribution in [0.1, 0.15) is 20.3 Å². The molecule has 15 heavy (non-hydrogen) atoms. The Balaban J connectivity index is 4.19. The van der Waals surface area contributed by atoms with Gasteiger partial charge >= 0.3 is 0 Å². The van der Waals surface area contributed by atoms with Crippen LogP contribution in [0.3, 0.4) is 0 Å². The Morgan fingerprint density at radius 3 is 2.47 bits per heavy atom. The number of methoxy groups -OCH3 is 1. The third-order valence-corrected chi connectivity index (χ3v) is 3.31. The molecule has 0 aliphatic rings. The van der Waals surface area contributed by atoms with Crippen molar-refractivity contribution in [3.8, 4) is 6.07 Å². The molecule has 5 nitrogen and oxygen atoms in total. The average molecular weight is 234 g/mol. The molecular weight excluding hydrogens is 216 g/mol. The van der Waals surface area contributed by atoms with E-state index < -0.39 is 16.1 Å². The van der Waals surface area contributed by atoms with E-state index in [4.69, 9.17) is 10.00 Å². The monoisotopic (exact) mass is 234 g/mol. The number of hydrogen-bond donors (Lipinski definition) is 1. The lowest BCUT2D eigenvalue weighted by Crippen LogP contribution is -2.38. The number of nitrogens with one attached hydrogen (secondary N) is 1. The summed E-state index contributed by atoms with van der Waals surface area (Å²) in [4.78, 5) is 0. The summed E-state index contributed by atoms with van der Waals surface area (Å²) in [6, 6.07) is 1.27. The second-order valence-electron chi connectivity index (χ2n) is 3.63. The summed E-state index contributed by atoms with van der Waals surface area (Å²) in [5.74, 6) is -0.0432. The number of hydrogen-bond acceptors (Lipinski definition) is 4. The lowest BCUT2D eigenvalue weighted by Gasteiger charge is -2.14. The van der Waals surface area contributed by atoms with Gasteiger partial charge in [-0.3, -0.25) is 0 Å². The van der Waals surface area contributed by atoms with Gasteiger partial charge in [0.05, 0.1) is 11.8 Å². The Labute approximate surface area is 91.5 Å². The van der Waals surface area contributed by atoms with Crippen LogP contribution in [0.4, 0.5) is 0 Å². The minimum Gasteiger partial charge on any atom is -0.385 e. The molecule has 0 fully saturated rings. The summed E-state index contributed by atoms with van der Waals surface area (Å²) < 4.78 is 30.0. The fourth-order valence-corrected chi connectivity index (χ4v) is 2.28. The van der Waals surface area contributed by atoms with Crippen LogP contribution in [0.2, 0.25) is 0 Å². The Morgan fingerprint density at radius 2 is 2.07 bits per heavy atom. The largest absolute Gasteiger partial charge is 0.385 e. The van der Waals surface area contributed by atoms with Crippen molar-refractivity contribution in [3.63, 3.8) is 0 Å². The third-order valence-electron chi connectivity index (χ3n) is 1.87. The lowest BCUT2D eigenvalue weighted by atomic mass is 10.1. The van der Waals surface area contributed by atoms with Gasteiger partial charge in [-0.25, -0.2) is 8.42 Å². The van der Waals surface area contributed by atoms with E-state index >= 15 is 0 Å². The van der Waals surface area contributed by atoms with Gasteiger partial charge in [-0.1, -0.05) is 13.8 Å². The molecular formula is C9H18N2O3S. The first kappa shape index (κ1) is 14.4. The molecule has 1 unspecified atom stereocenters. The van der Waals surface area contributed by atoms with Crippen molar-refractivity contribution in [2.24, 2.45) is 5.92 Å². The van der Waals surface area contributed by atoms with E-state index in [0.29, 0.717) is 13.0 Å². The second-order valence-corrected chi connectivity index (χ2v) is 5.51. The van der Waals surface area contributed by atoms with Gasteiger partial charge in [-0.2, -0.15) is 9.98 Å². The highest BCUT2D eigenvalue weighted by atomic mass is 32.2. The first-order valence-electron chi connectivity index (χ1n) is 4.81. The zero-order valence-electron chi connectivity index (χ0n) is 9.36. The molecule has 0 aliphatic heterocycles. The maximum atomic E-state index is 11.5. The highest BCUT2D eigenvalue weighted by Gasteiger charge is 2.19. The zero-order valence-corrected chi connectivity index (χ0v) is 10.2. The molecule has 0 radical (unpaired) electrons. The van der Waals surface area contributed by atoms with E-state index in [1.54, 1.807) is 13.8 Å². The number of ether oxygens (including phenoxy) is 1. The van der Waals surface area contributed by atoms with Gasteiger partial charge in [0.15, 0.2) is 0 Å². The van der Waals surface area contributed by atoms with Crippen molar-refractivity contribution in [1.29, 1.82) is 5.26 Å². The molecule has 0 heterocycles. The number of rotatable bonds is 7. The zero-order chi connectivity index (χ0) is 11.9. The molecule has 0 aromatic rings. The van der Waals surface area contributed by atoms with Gasteiger partial charge in [-0.05, 0) is 12.3 Å². The van der Waals surface area contributed by atoms with Gasteiger partial charge in [0, 0.05) is 13.7 Å². The van der Waals surface area contributed by atoms with Crippen LogP contribution in [0, 0.1) is 17.2 Å². The van der Waals surface area contributed by atoms with Gasteiger partial charge < -0.3 is 4.74 Å². The van der Waals surface area contributed by atoms with E-state index in [2.05, 4.69) is 4.72 Å². The molecule has 6 heteroatoms. The summed E-state index contributed by atoms with van der Waals surface area (Å²) >= 11 is 0. The van der Waals surface area contributed by atoms with Crippen molar-refractivity contribution in [1.82, 2.24) is 4.72 Å². The summed E-state index contributed by atoms with van der Waals surface area (Å²) in [6.45, 7) is 4.00. The molecule has 0 bridgehead atoms. The number of nitrogens with zero attached hydrogens (tertiary/aromatic N) is 1. The van der Waals surface area contributed by atoms with Crippen LogP contribution in [-0.4, -0.2) is 33.9 Å². The van der Waals surface area contributed by atoms with Crippen molar-refractivity contribution in [2.75, 3.05) is 19.5 Å². The van der Waals surface area contributed by atoms with E-state index in [9.17, 15) is 8.42 Å². The number of nitriles is 1. The highest BCUT2D eigenvalue weighted by molar-refractivity contribution is 7.89. The van der Waals surface area contributed by atoms with Crippen molar-refractivity contribution < 1.29 is 13.2 Å². The van der Waals surface area contributed by atoms with Crippen LogP contribution in [0.25, 0.3) is 0 Å². The molecule has 0 aromatic carbocycles. The topological polar surface area (TPSA) is 79.2 Å². The van der Waals surface area contributed by atoms with Crippen LogP contribution < -0.4 is 4.72 Å². The number of sulfonamides is 1. The molecule has 0 saturated heterocycles. The van der Waals surface area contributed by atoms with Gasteiger partial charge in [-0.15, -0.1) is 0 Å².